The van der Waals surface area contributed by atoms with Crippen molar-refractivity contribution in [2.75, 3.05) is 6.61 Å². The summed E-state index contributed by atoms with van der Waals surface area (Å²) in [5.41, 5.74) is 0. The first-order chi connectivity index (χ1) is 37.8. The molecule has 0 aliphatic heterocycles. The van der Waals surface area contributed by atoms with Gasteiger partial charge in [-0.15, -0.1) is 0 Å². The zero-order valence-electron chi connectivity index (χ0n) is 68.3. The summed E-state index contributed by atoms with van der Waals surface area (Å²) in [4.78, 5) is 13.4. The molecular weight excluding hydrogens is 542 g/mol. The average molecular weight is 665 g/mol. The maximum atomic E-state index is 13.4. The van der Waals surface area contributed by atoms with Crippen molar-refractivity contribution in [3.63, 3.8) is 0 Å². The van der Waals surface area contributed by atoms with Crippen LogP contribution in [-0.4, -0.2) is 34.9 Å². The van der Waals surface area contributed by atoms with Crippen LogP contribution in [0.2, 0.25) is 0 Å². The highest BCUT2D eigenvalue weighted by molar-refractivity contribution is 5.76. The van der Waals surface area contributed by atoms with Gasteiger partial charge in [-0.25, -0.2) is 0 Å². The van der Waals surface area contributed by atoms with Gasteiger partial charge in [0, 0.05) is 65.3 Å². The van der Waals surface area contributed by atoms with E-state index in [9.17, 15) is 15.0 Å². The molecule has 0 spiro atoms. The molecular formula is C40H79NO3. The fourth-order valence-corrected chi connectivity index (χ4v) is 3.36. The molecule has 0 rings (SSSR count). The van der Waals surface area contributed by atoms with E-state index < -0.39 is 159 Å². The lowest BCUT2D eigenvalue weighted by atomic mass is 10.0. The Balaban J connectivity index is 7.39. The second-order valence-corrected chi connectivity index (χ2v) is 9.01. The van der Waals surface area contributed by atoms with E-state index in [1.807, 2.05) is 0 Å². The third kappa shape index (κ3) is 32.5. The molecule has 0 aromatic carbocycles. The number of aliphatic hydroxyl groups excluding tert-OH is 2. The van der Waals surface area contributed by atoms with Gasteiger partial charge in [0.15, 0.2) is 0 Å². The summed E-state index contributed by atoms with van der Waals surface area (Å²) in [5, 5.41) is 22.3. The normalized spacial score (nSPS) is 34.4. The van der Waals surface area contributed by atoms with E-state index in [0.717, 1.165) is 51.0 Å². The quantitative estimate of drug-likeness (QED) is 0.0461. The maximum Gasteiger partial charge on any atom is 0.220 e. The number of unbranched alkanes of at least 4 members (excludes halogenated alkanes) is 11. The lowest BCUT2D eigenvalue weighted by Crippen LogP contribution is -2.45. The number of carbonyl (C=O) groups excluding carboxylic acids is 1. The minimum absolute atomic E-state index is 0.380. The molecule has 0 saturated carbocycles. The fraction of sp³-hybridized carbons (Fsp3) is 0.925. The second kappa shape index (κ2) is 36.6. The third-order valence-corrected chi connectivity index (χ3v) is 5.53. The number of hydrogen-bond acceptors (Lipinski definition) is 3. The molecule has 0 heterocycles. The van der Waals surface area contributed by atoms with Crippen LogP contribution >= 0.6 is 0 Å². The third-order valence-electron chi connectivity index (χ3n) is 5.53. The maximum absolute atomic E-state index is 13.4. The molecule has 44 heavy (non-hydrogen) atoms. The Morgan fingerprint density at radius 2 is 1.07 bits per heavy atom. The highest BCUT2D eigenvalue weighted by Crippen LogP contribution is 2.15. The first-order valence-corrected chi connectivity index (χ1v) is 14.6. The molecule has 0 aliphatic rings. The van der Waals surface area contributed by atoms with Gasteiger partial charge >= 0.3 is 0 Å². The predicted octanol–water partition coefficient (Wildman–Crippen LogP) is 11.9. The first kappa shape index (κ1) is 10.6. The van der Waals surface area contributed by atoms with Crippen molar-refractivity contribution in [2.45, 2.75) is 230 Å². The van der Waals surface area contributed by atoms with E-state index in [1.165, 1.54) is 25.3 Å². The SMILES string of the molecule is [2H]C([2H])([2H])C([2H])([2H])C([2H])([2H])C([2H])([2H])C([2H])([2H])C([2H])([2H])C([2H])([2H])C([2H])([2H])C([2H])([2H])C([2H])([2H])C([2H])([2H])C([2H])([2H])C([2H])([2H])C([2H])([2H])C([2H])([2H])C([2H])([2H])C([2H])([2H])C([2H])([2H])C([2H])([2H])C([2H])([2H])C([2H])([2H])C(=O)NC(CO)C(O)/C=C/CCCCCCCCCCCCC. The average Bonchev–Trinajstić information content (AvgIpc) is 0.697. The number of hydrogen-bond donors (Lipinski definition) is 3. The van der Waals surface area contributed by atoms with Crippen LogP contribution in [0.25, 0.3) is 0 Å². The lowest BCUT2D eigenvalue weighted by molar-refractivity contribution is -0.123. The summed E-state index contributed by atoms with van der Waals surface area (Å²) in [6.45, 7) is -3.31. The molecule has 0 aromatic rings. The number of amides is 1. The highest BCUT2D eigenvalue weighted by atomic mass is 16.3. The number of aliphatic hydroxyl groups is 2. The number of carbonyl (C=O) groups is 1. The molecule has 262 valence electrons. The van der Waals surface area contributed by atoms with E-state index >= 15 is 0 Å². The molecule has 0 bridgehead atoms. The molecule has 4 heteroatoms. The molecule has 1 amide bonds. The Hall–Kier alpha value is -0.870. The summed E-state index contributed by atoms with van der Waals surface area (Å²) in [5.74, 6) is -2.27. The van der Waals surface area contributed by atoms with Crippen LogP contribution in [0.1, 0.15) is 277 Å². The van der Waals surface area contributed by atoms with E-state index in [0.29, 0.717) is 12.8 Å². The van der Waals surface area contributed by atoms with Gasteiger partial charge in [-0.05, 0) is 19.2 Å². The van der Waals surface area contributed by atoms with Crippen molar-refractivity contribution in [1.82, 2.24) is 5.32 Å². The van der Waals surface area contributed by atoms with Crippen LogP contribution in [-0.2, 0) is 4.79 Å². The van der Waals surface area contributed by atoms with Gasteiger partial charge in [0.25, 0.3) is 0 Å². The Kier molecular flexibility index (Phi) is 8.79. The van der Waals surface area contributed by atoms with Crippen LogP contribution in [0.3, 0.4) is 0 Å². The molecule has 0 aliphatic carbocycles. The van der Waals surface area contributed by atoms with E-state index in [4.69, 9.17) is 58.9 Å². The van der Waals surface area contributed by atoms with Crippen LogP contribution in [0.15, 0.2) is 12.2 Å². The smallest absolute Gasteiger partial charge is 0.220 e. The van der Waals surface area contributed by atoms with E-state index in [1.54, 1.807) is 5.32 Å². The first-order valence-electron chi connectivity index (χ1n) is 36.1. The minimum Gasteiger partial charge on any atom is -0.394 e. The van der Waals surface area contributed by atoms with Gasteiger partial charge in [0.05, 0.1) is 18.8 Å². The Labute approximate surface area is 336 Å². The van der Waals surface area contributed by atoms with Crippen molar-refractivity contribution in [3.8, 4) is 0 Å². The van der Waals surface area contributed by atoms with E-state index in [2.05, 4.69) is 6.92 Å². The predicted molar refractivity (Wildman–Crippen MR) is 193 cm³/mol. The summed E-state index contributed by atoms with van der Waals surface area (Å²) >= 11 is 0. The van der Waals surface area contributed by atoms with Gasteiger partial charge in [-0.1, -0.05) is 205 Å². The Morgan fingerprint density at radius 3 is 1.50 bits per heavy atom. The van der Waals surface area contributed by atoms with Crippen LogP contribution < -0.4 is 5.32 Å². The molecule has 4 nitrogen and oxygen atoms in total. The summed E-state index contributed by atoms with van der Waals surface area (Å²) in [7, 11) is 0. The molecule has 2 unspecified atom stereocenters. The van der Waals surface area contributed by atoms with Crippen molar-refractivity contribution in [2.24, 2.45) is 0 Å². The van der Waals surface area contributed by atoms with Gasteiger partial charge < -0.3 is 15.5 Å². The summed E-state index contributed by atoms with van der Waals surface area (Å²) in [6, 6.07) is -1.89. The van der Waals surface area contributed by atoms with E-state index in [-0.39, 0.29) is 0 Å². The van der Waals surface area contributed by atoms with Crippen LogP contribution in [0.4, 0.5) is 0 Å². The van der Waals surface area contributed by atoms with Crippen molar-refractivity contribution >= 4 is 5.91 Å². The number of rotatable bonds is 36. The monoisotopic (exact) mass is 665 g/mol. The fourth-order valence-electron chi connectivity index (χ4n) is 3.36. The largest absolute Gasteiger partial charge is 0.394 e. The molecule has 3 N–H and O–H groups in total. The molecule has 0 aromatic heterocycles. The van der Waals surface area contributed by atoms with Crippen molar-refractivity contribution < 1.29 is 74.0 Å². The van der Waals surface area contributed by atoms with Gasteiger partial charge in [0.2, 0.25) is 5.91 Å². The molecule has 2 atom stereocenters. The minimum atomic E-state index is -5.47. The van der Waals surface area contributed by atoms with Crippen LogP contribution in [0, 0.1) is 0 Å². The van der Waals surface area contributed by atoms with Crippen molar-refractivity contribution in [3.05, 3.63) is 12.2 Å². The molecule has 0 saturated heterocycles. The highest BCUT2D eigenvalue weighted by Gasteiger charge is 2.17. The standard InChI is InChI=1S/C40H79NO3/c1-3-5-7-9-11-13-15-17-18-19-20-21-22-24-26-28-30-32-34-36-40(44)41-38(37-42)39(43)35-33-31-29-27-25-23-16-14-12-10-8-6-4-2/h33,35,38-39,42-43H,3-32,34,36-37H2,1-2H3,(H,41,44)/b35-33+/i1D3,3D2,5D2,7D2,9D2,11D2,13D2,15D2,17D2,18D2,19D2,20D2,21D2,22D2,24D2,26D2,28D2,30D2,32D2,34D2,36D2. The summed E-state index contributed by atoms with van der Waals surface area (Å²) < 4.78 is 356. The molecule has 0 radical (unpaired) electrons. The Morgan fingerprint density at radius 1 is 0.659 bits per heavy atom. The Bertz CT molecular complexity index is 2300. The van der Waals surface area contributed by atoms with Crippen molar-refractivity contribution in [1.29, 1.82) is 0 Å². The summed E-state index contributed by atoms with van der Waals surface area (Å²) in [6.07, 6.45) is -91.4. The number of nitrogens with one attached hydrogen (secondary N) is 1. The van der Waals surface area contributed by atoms with Gasteiger partial charge in [-0.2, -0.15) is 0 Å². The van der Waals surface area contributed by atoms with Gasteiger partial charge in [0.1, 0.15) is 0 Å². The lowest BCUT2D eigenvalue weighted by Gasteiger charge is -2.20. The zero-order valence-corrected chi connectivity index (χ0v) is 25.3. The second-order valence-electron chi connectivity index (χ2n) is 9.01. The molecule has 0 fully saturated rings. The van der Waals surface area contributed by atoms with Gasteiger partial charge in [-0.3, -0.25) is 4.79 Å². The number of allylic oxidation sites excluding steroid dienone is 1. The van der Waals surface area contributed by atoms with Crippen LogP contribution in [0.5, 0.6) is 0 Å². The topological polar surface area (TPSA) is 69.6 Å². The zero-order chi connectivity index (χ0) is 70.5.